The minimum absolute atomic E-state index is 0.206. The molecule has 6 nitrogen and oxygen atoms in total. The number of hydrogen-bond acceptors (Lipinski definition) is 5. The Bertz CT molecular complexity index is 778. The molecule has 0 spiro atoms. The molecular formula is C17H20N2O4S. The number of benzene rings is 1. The van der Waals surface area contributed by atoms with E-state index in [-0.39, 0.29) is 4.90 Å². The lowest BCUT2D eigenvalue weighted by molar-refractivity contribution is 0.142. The summed E-state index contributed by atoms with van der Waals surface area (Å²) in [6.07, 6.45) is 3.55. The second-order valence-corrected chi connectivity index (χ2v) is 7.66. The van der Waals surface area contributed by atoms with E-state index in [0.717, 1.165) is 5.56 Å². The van der Waals surface area contributed by atoms with Gasteiger partial charge in [-0.25, -0.2) is 8.42 Å². The van der Waals surface area contributed by atoms with E-state index in [1.165, 1.54) is 23.5 Å². The number of hydrogen-bond donors (Lipinski definition) is 1. The fraction of sp³-hybridized carbons (Fsp3) is 0.353. The number of pyridine rings is 1. The van der Waals surface area contributed by atoms with E-state index >= 15 is 0 Å². The van der Waals surface area contributed by atoms with Gasteiger partial charge in [0.2, 0.25) is 10.0 Å². The van der Waals surface area contributed by atoms with Crippen LogP contribution in [0.25, 0.3) is 0 Å². The molecule has 24 heavy (non-hydrogen) atoms. The summed E-state index contributed by atoms with van der Waals surface area (Å²) in [5, 5.41) is 10.3. The fourth-order valence-electron chi connectivity index (χ4n) is 2.99. The molecule has 1 fully saturated rings. The highest BCUT2D eigenvalue weighted by molar-refractivity contribution is 7.89. The third kappa shape index (κ3) is 3.28. The number of ether oxygens (including phenoxy) is 1. The molecule has 128 valence electrons. The monoisotopic (exact) mass is 348 g/mol. The van der Waals surface area contributed by atoms with Gasteiger partial charge in [-0.2, -0.15) is 4.31 Å². The van der Waals surface area contributed by atoms with Crippen molar-refractivity contribution < 1.29 is 18.3 Å². The van der Waals surface area contributed by atoms with Crippen LogP contribution in [0.5, 0.6) is 5.75 Å². The van der Waals surface area contributed by atoms with Crippen molar-refractivity contribution in [3.63, 3.8) is 0 Å². The van der Waals surface area contributed by atoms with Gasteiger partial charge in [0.15, 0.2) is 0 Å². The molecule has 0 amide bonds. The number of methoxy groups -OCH3 is 1. The van der Waals surface area contributed by atoms with Gasteiger partial charge >= 0.3 is 0 Å². The van der Waals surface area contributed by atoms with Gasteiger partial charge < -0.3 is 9.84 Å². The van der Waals surface area contributed by atoms with Crippen LogP contribution in [0, 0.1) is 0 Å². The van der Waals surface area contributed by atoms with Gasteiger partial charge in [-0.15, -0.1) is 0 Å². The van der Waals surface area contributed by atoms with Crippen LogP contribution in [0.3, 0.4) is 0 Å². The molecule has 0 unspecified atom stereocenters. The number of aliphatic hydroxyl groups is 1. The van der Waals surface area contributed by atoms with Crippen LogP contribution < -0.4 is 4.74 Å². The molecule has 0 aliphatic carbocycles. The zero-order valence-electron chi connectivity index (χ0n) is 13.4. The number of rotatable bonds is 5. The van der Waals surface area contributed by atoms with Crippen LogP contribution in [0.2, 0.25) is 0 Å². The van der Waals surface area contributed by atoms with Crippen molar-refractivity contribution >= 4 is 10.0 Å². The lowest BCUT2D eigenvalue weighted by Gasteiger charge is -2.26. The third-order valence-corrected chi connectivity index (χ3v) is 6.26. The molecule has 2 heterocycles. The molecule has 1 N–H and O–H groups in total. The quantitative estimate of drug-likeness (QED) is 0.885. The summed E-state index contributed by atoms with van der Waals surface area (Å²) in [5.41, 5.74) is 0.950. The van der Waals surface area contributed by atoms with Crippen molar-refractivity contribution in [1.29, 1.82) is 0 Å². The molecule has 2 aromatic rings. The second kappa shape index (κ2) is 6.88. The summed E-state index contributed by atoms with van der Waals surface area (Å²) in [7, 11) is -2.13. The van der Waals surface area contributed by atoms with Crippen molar-refractivity contribution in [3.05, 3.63) is 54.4 Å². The summed E-state index contributed by atoms with van der Waals surface area (Å²) < 4.78 is 32.4. The highest BCUT2D eigenvalue weighted by Crippen LogP contribution is 2.29. The molecule has 1 aromatic carbocycles. The van der Waals surface area contributed by atoms with Crippen LogP contribution in [0.1, 0.15) is 12.0 Å². The van der Waals surface area contributed by atoms with Crippen LogP contribution in [-0.4, -0.2) is 48.6 Å². The first-order chi connectivity index (χ1) is 11.5. The molecule has 1 aliphatic rings. The Morgan fingerprint density at radius 2 is 1.88 bits per heavy atom. The normalized spacial score (nSPS) is 21.8. The van der Waals surface area contributed by atoms with Crippen LogP contribution in [-0.2, 0) is 16.4 Å². The largest absolute Gasteiger partial charge is 0.497 e. The Kier molecular flexibility index (Phi) is 4.84. The number of sulfonamides is 1. The highest BCUT2D eigenvalue weighted by Gasteiger charge is 2.40. The molecule has 1 aromatic heterocycles. The average Bonchev–Trinajstić information content (AvgIpc) is 2.97. The first kappa shape index (κ1) is 16.9. The maximum atomic E-state index is 12.9. The summed E-state index contributed by atoms with van der Waals surface area (Å²) >= 11 is 0. The lowest BCUT2D eigenvalue weighted by Crippen LogP contribution is -2.41. The van der Waals surface area contributed by atoms with Crippen molar-refractivity contribution in [2.75, 3.05) is 13.7 Å². The van der Waals surface area contributed by atoms with E-state index in [2.05, 4.69) is 4.98 Å². The van der Waals surface area contributed by atoms with Crippen molar-refractivity contribution in [2.45, 2.75) is 29.9 Å². The third-order valence-electron chi connectivity index (χ3n) is 4.32. The van der Waals surface area contributed by atoms with E-state index in [4.69, 9.17) is 4.74 Å². The zero-order valence-corrected chi connectivity index (χ0v) is 14.2. The van der Waals surface area contributed by atoms with E-state index in [0.29, 0.717) is 25.1 Å². The maximum absolute atomic E-state index is 12.9. The topological polar surface area (TPSA) is 79.7 Å². The van der Waals surface area contributed by atoms with E-state index in [9.17, 15) is 13.5 Å². The Labute approximate surface area is 141 Å². The Morgan fingerprint density at radius 3 is 2.50 bits per heavy atom. The van der Waals surface area contributed by atoms with Gasteiger partial charge in [0.05, 0.1) is 24.2 Å². The average molecular weight is 348 g/mol. The fourth-order valence-corrected chi connectivity index (χ4v) is 4.66. The maximum Gasteiger partial charge on any atom is 0.243 e. The summed E-state index contributed by atoms with van der Waals surface area (Å²) in [5.74, 6) is 0.601. The van der Waals surface area contributed by atoms with E-state index in [1.807, 2.05) is 12.1 Å². The van der Waals surface area contributed by atoms with Crippen LogP contribution in [0.15, 0.2) is 53.7 Å². The summed E-state index contributed by atoms with van der Waals surface area (Å²) in [6, 6.07) is 9.51. The molecule has 1 saturated heterocycles. The van der Waals surface area contributed by atoms with Gasteiger partial charge in [-0.3, -0.25) is 4.98 Å². The predicted molar refractivity (Wildman–Crippen MR) is 89.2 cm³/mol. The van der Waals surface area contributed by atoms with Crippen LogP contribution in [0.4, 0.5) is 0 Å². The molecular weight excluding hydrogens is 328 g/mol. The molecule has 0 saturated carbocycles. The Balaban J connectivity index is 1.87. The molecule has 7 heteroatoms. The molecule has 1 aliphatic heterocycles. The van der Waals surface area contributed by atoms with E-state index in [1.54, 1.807) is 24.5 Å². The number of nitrogens with zero attached hydrogens (tertiary/aromatic N) is 2. The first-order valence-corrected chi connectivity index (χ1v) is 9.19. The van der Waals surface area contributed by atoms with Gasteiger partial charge in [0.1, 0.15) is 5.75 Å². The number of aliphatic hydroxyl groups excluding tert-OH is 1. The Hall–Kier alpha value is -1.96. The van der Waals surface area contributed by atoms with Gasteiger partial charge in [-0.05, 0) is 54.8 Å². The molecule has 0 bridgehead atoms. The standard InChI is InChI=1S/C17H20N2O4S/c1-23-14-2-4-15(5-3-14)24(21,22)19-11-8-17(20)16(19)12-13-6-9-18-10-7-13/h2-7,9-10,16-17,20H,8,11-12H2,1H3/t16-,17-/m1/s1. The smallest absolute Gasteiger partial charge is 0.243 e. The van der Waals surface area contributed by atoms with Crippen LogP contribution >= 0.6 is 0 Å². The molecule has 3 rings (SSSR count). The predicted octanol–water partition coefficient (Wildman–Crippen LogP) is 1.46. The van der Waals surface area contributed by atoms with Crippen molar-refractivity contribution in [3.8, 4) is 5.75 Å². The highest BCUT2D eigenvalue weighted by atomic mass is 32.2. The minimum atomic E-state index is -3.66. The molecule has 2 atom stereocenters. The SMILES string of the molecule is COc1ccc(S(=O)(=O)N2CC[C@@H](O)[C@H]2Cc2ccncc2)cc1. The second-order valence-electron chi connectivity index (χ2n) is 5.77. The minimum Gasteiger partial charge on any atom is -0.497 e. The zero-order chi connectivity index (χ0) is 17.2. The number of aromatic nitrogens is 1. The summed E-state index contributed by atoms with van der Waals surface area (Å²) in [4.78, 5) is 4.17. The lowest BCUT2D eigenvalue weighted by atomic mass is 10.0. The molecule has 0 radical (unpaired) electrons. The Morgan fingerprint density at radius 1 is 1.21 bits per heavy atom. The summed E-state index contributed by atoms with van der Waals surface area (Å²) in [6.45, 7) is 0.311. The van der Waals surface area contributed by atoms with Gasteiger partial charge in [-0.1, -0.05) is 0 Å². The first-order valence-electron chi connectivity index (χ1n) is 7.75. The van der Waals surface area contributed by atoms with Crippen molar-refractivity contribution in [2.24, 2.45) is 0 Å². The van der Waals surface area contributed by atoms with Crippen molar-refractivity contribution in [1.82, 2.24) is 9.29 Å². The van der Waals surface area contributed by atoms with Gasteiger partial charge in [0, 0.05) is 18.9 Å². The van der Waals surface area contributed by atoms with E-state index < -0.39 is 22.2 Å². The van der Waals surface area contributed by atoms with Gasteiger partial charge in [0.25, 0.3) is 0 Å².